The van der Waals surface area contributed by atoms with Crippen molar-refractivity contribution in [3.8, 4) is 5.75 Å². The maximum absolute atomic E-state index is 14.0. The summed E-state index contributed by atoms with van der Waals surface area (Å²) in [7, 11) is 0. The number of carbonyl (C=O) groups is 1. The molecule has 0 aliphatic carbocycles. The van der Waals surface area contributed by atoms with E-state index in [1.54, 1.807) is 6.07 Å². The standard InChI is InChI=1S/C19H19F2NO2/c1-11-9-22(10-13-3-4-14(20)7-17(13)21)18-6-5-15(23)8-16(18)19(24)12(11)2/h3-8,11-12,23H,9-10H2,1-2H3. The van der Waals surface area contributed by atoms with Crippen LogP contribution >= 0.6 is 0 Å². The van der Waals surface area contributed by atoms with Gasteiger partial charge in [-0.25, -0.2) is 8.78 Å². The SMILES string of the molecule is CC1CN(Cc2ccc(F)cc2F)c2ccc(O)cc2C(=O)C1C. The van der Waals surface area contributed by atoms with Gasteiger partial charge in [-0.2, -0.15) is 0 Å². The van der Waals surface area contributed by atoms with Gasteiger partial charge in [-0.15, -0.1) is 0 Å². The lowest BCUT2D eigenvalue weighted by Gasteiger charge is -2.27. The molecule has 3 rings (SSSR count). The Hall–Kier alpha value is -2.43. The predicted octanol–water partition coefficient (Wildman–Crippen LogP) is 4.15. The van der Waals surface area contributed by atoms with Crippen molar-refractivity contribution < 1.29 is 18.7 Å². The number of Topliss-reactive ketones (excluding diaryl/α,β-unsaturated/α-hetero) is 1. The number of phenolic OH excluding ortho intramolecular Hbond substituents is 1. The van der Waals surface area contributed by atoms with Crippen LogP contribution in [-0.4, -0.2) is 17.4 Å². The molecule has 3 nitrogen and oxygen atoms in total. The smallest absolute Gasteiger partial charge is 0.168 e. The molecule has 0 fully saturated rings. The van der Waals surface area contributed by atoms with Crippen molar-refractivity contribution in [1.82, 2.24) is 0 Å². The van der Waals surface area contributed by atoms with Gasteiger partial charge >= 0.3 is 0 Å². The number of halogens is 2. The molecule has 0 saturated heterocycles. The van der Waals surface area contributed by atoms with E-state index in [0.29, 0.717) is 23.4 Å². The Bertz CT molecular complexity index is 791. The van der Waals surface area contributed by atoms with Crippen LogP contribution < -0.4 is 4.90 Å². The lowest BCUT2D eigenvalue weighted by molar-refractivity contribution is 0.0901. The van der Waals surface area contributed by atoms with E-state index < -0.39 is 11.6 Å². The van der Waals surface area contributed by atoms with Crippen LogP contribution in [0.3, 0.4) is 0 Å². The monoisotopic (exact) mass is 331 g/mol. The van der Waals surface area contributed by atoms with Gasteiger partial charge in [0.05, 0.1) is 0 Å². The summed E-state index contributed by atoms with van der Waals surface area (Å²) >= 11 is 0. The molecule has 1 N–H and O–H groups in total. The molecular formula is C19H19F2NO2. The maximum atomic E-state index is 14.0. The molecular weight excluding hydrogens is 312 g/mol. The summed E-state index contributed by atoms with van der Waals surface area (Å²) in [6.45, 7) is 4.64. The molecule has 1 aliphatic heterocycles. The summed E-state index contributed by atoms with van der Waals surface area (Å²) in [4.78, 5) is 14.6. The minimum absolute atomic E-state index is 0.0248. The van der Waals surface area contributed by atoms with E-state index in [2.05, 4.69) is 0 Å². The summed E-state index contributed by atoms with van der Waals surface area (Å²) < 4.78 is 27.1. The minimum atomic E-state index is -0.616. The summed E-state index contributed by atoms with van der Waals surface area (Å²) in [5.41, 5.74) is 1.47. The van der Waals surface area contributed by atoms with Crippen LogP contribution in [0.5, 0.6) is 5.75 Å². The fourth-order valence-corrected chi connectivity index (χ4v) is 3.11. The average molecular weight is 331 g/mol. The Morgan fingerprint density at radius 3 is 2.62 bits per heavy atom. The van der Waals surface area contributed by atoms with Gasteiger partial charge in [0.1, 0.15) is 17.4 Å². The van der Waals surface area contributed by atoms with Gasteiger partial charge in [0.2, 0.25) is 0 Å². The molecule has 0 bridgehead atoms. The zero-order valence-corrected chi connectivity index (χ0v) is 13.6. The molecule has 24 heavy (non-hydrogen) atoms. The Labute approximate surface area is 139 Å². The van der Waals surface area contributed by atoms with E-state index in [4.69, 9.17) is 0 Å². The molecule has 0 spiro atoms. The van der Waals surface area contributed by atoms with Crippen LogP contribution in [-0.2, 0) is 6.54 Å². The molecule has 0 aromatic heterocycles. The Kier molecular flexibility index (Phi) is 4.26. The zero-order valence-electron chi connectivity index (χ0n) is 13.6. The van der Waals surface area contributed by atoms with Crippen LogP contribution in [0.4, 0.5) is 14.5 Å². The van der Waals surface area contributed by atoms with Gasteiger partial charge < -0.3 is 10.0 Å². The lowest BCUT2D eigenvalue weighted by atomic mass is 9.89. The van der Waals surface area contributed by atoms with E-state index in [1.807, 2.05) is 18.7 Å². The van der Waals surface area contributed by atoms with Crippen molar-refractivity contribution in [2.75, 3.05) is 11.4 Å². The number of hydrogen-bond donors (Lipinski definition) is 1. The van der Waals surface area contributed by atoms with Crippen LogP contribution in [0, 0.1) is 23.5 Å². The van der Waals surface area contributed by atoms with Gasteiger partial charge in [0, 0.05) is 41.9 Å². The third-order valence-electron chi connectivity index (χ3n) is 4.74. The summed E-state index contributed by atoms with van der Waals surface area (Å²) in [5, 5.41) is 9.73. The van der Waals surface area contributed by atoms with Gasteiger partial charge in [-0.3, -0.25) is 4.79 Å². The van der Waals surface area contributed by atoms with Crippen molar-refractivity contribution in [1.29, 1.82) is 0 Å². The van der Waals surface area contributed by atoms with Gasteiger partial charge in [-0.05, 0) is 30.2 Å². The minimum Gasteiger partial charge on any atom is -0.508 e. The maximum Gasteiger partial charge on any atom is 0.168 e. The third-order valence-corrected chi connectivity index (χ3v) is 4.74. The molecule has 0 amide bonds. The third kappa shape index (κ3) is 2.98. The Balaban J connectivity index is 2.03. The summed E-state index contributed by atoms with van der Waals surface area (Å²) in [6.07, 6.45) is 0. The second kappa shape index (κ2) is 6.23. The highest BCUT2D eigenvalue weighted by Crippen LogP contribution is 2.34. The number of fused-ring (bicyclic) bond motifs is 1. The predicted molar refractivity (Wildman–Crippen MR) is 88.2 cm³/mol. The zero-order chi connectivity index (χ0) is 17.4. The fraction of sp³-hybridized carbons (Fsp3) is 0.316. The lowest BCUT2D eigenvalue weighted by Crippen LogP contribution is -2.29. The van der Waals surface area contributed by atoms with Crippen LogP contribution in [0.15, 0.2) is 36.4 Å². The summed E-state index contributed by atoms with van der Waals surface area (Å²) in [6, 6.07) is 8.16. The highest BCUT2D eigenvalue weighted by atomic mass is 19.1. The van der Waals surface area contributed by atoms with E-state index in [9.17, 15) is 18.7 Å². The number of ketones is 1. The first-order valence-corrected chi connectivity index (χ1v) is 7.93. The first kappa shape index (κ1) is 16.4. The van der Waals surface area contributed by atoms with Crippen molar-refractivity contribution in [3.63, 3.8) is 0 Å². The molecule has 2 atom stereocenters. The van der Waals surface area contributed by atoms with E-state index in [1.165, 1.54) is 24.3 Å². The topological polar surface area (TPSA) is 40.5 Å². The van der Waals surface area contributed by atoms with Crippen molar-refractivity contribution in [3.05, 3.63) is 59.2 Å². The van der Waals surface area contributed by atoms with Crippen molar-refractivity contribution in [2.45, 2.75) is 20.4 Å². The van der Waals surface area contributed by atoms with E-state index in [-0.39, 0.29) is 29.9 Å². The fourth-order valence-electron chi connectivity index (χ4n) is 3.11. The first-order chi connectivity index (χ1) is 11.4. The molecule has 1 heterocycles. The Morgan fingerprint density at radius 1 is 1.17 bits per heavy atom. The molecule has 126 valence electrons. The average Bonchev–Trinajstić information content (AvgIpc) is 2.62. The quantitative estimate of drug-likeness (QED) is 0.899. The molecule has 0 saturated carbocycles. The number of hydrogen-bond acceptors (Lipinski definition) is 3. The van der Waals surface area contributed by atoms with E-state index >= 15 is 0 Å². The van der Waals surface area contributed by atoms with Crippen LogP contribution in [0.1, 0.15) is 29.8 Å². The van der Waals surface area contributed by atoms with Gasteiger partial charge in [0.25, 0.3) is 0 Å². The van der Waals surface area contributed by atoms with E-state index in [0.717, 1.165) is 6.07 Å². The molecule has 2 unspecified atom stereocenters. The normalized spacial score (nSPS) is 20.7. The molecule has 1 aliphatic rings. The molecule has 5 heteroatoms. The number of nitrogens with zero attached hydrogens (tertiary/aromatic N) is 1. The van der Waals surface area contributed by atoms with Crippen molar-refractivity contribution >= 4 is 11.5 Å². The summed E-state index contributed by atoms with van der Waals surface area (Å²) in [5.74, 6) is -1.36. The van der Waals surface area contributed by atoms with Crippen LogP contribution in [0.2, 0.25) is 0 Å². The second-order valence-electron chi connectivity index (χ2n) is 6.45. The number of benzene rings is 2. The number of anilines is 1. The second-order valence-corrected chi connectivity index (χ2v) is 6.45. The Morgan fingerprint density at radius 2 is 1.92 bits per heavy atom. The first-order valence-electron chi connectivity index (χ1n) is 7.93. The van der Waals surface area contributed by atoms with Gasteiger partial charge in [0.15, 0.2) is 5.78 Å². The number of phenols is 1. The number of carbonyl (C=O) groups excluding carboxylic acids is 1. The number of aromatic hydroxyl groups is 1. The van der Waals surface area contributed by atoms with Gasteiger partial charge in [-0.1, -0.05) is 19.9 Å². The highest BCUT2D eigenvalue weighted by molar-refractivity contribution is 6.03. The molecule has 0 radical (unpaired) electrons. The van der Waals surface area contributed by atoms with Crippen LogP contribution in [0.25, 0.3) is 0 Å². The van der Waals surface area contributed by atoms with Crippen molar-refractivity contribution in [2.24, 2.45) is 11.8 Å². The molecule has 2 aromatic carbocycles. The largest absolute Gasteiger partial charge is 0.508 e. The molecule has 2 aromatic rings. The number of rotatable bonds is 2. The highest BCUT2D eigenvalue weighted by Gasteiger charge is 2.31.